The first-order valence-corrected chi connectivity index (χ1v) is 12.8. The molecule has 2 aliphatic heterocycles. The average Bonchev–Trinajstić information content (AvgIpc) is 3.37. The zero-order chi connectivity index (χ0) is 24.9. The molecule has 0 unspecified atom stereocenters. The molecule has 0 bridgehead atoms. The zero-order valence-corrected chi connectivity index (χ0v) is 21.5. The molecule has 6 heteroatoms. The van der Waals surface area contributed by atoms with Crippen molar-refractivity contribution in [3.63, 3.8) is 0 Å². The van der Waals surface area contributed by atoms with Gasteiger partial charge in [-0.25, -0.2) is 0 Å². The van der Waals surface area contributed by atoms with Crippen molar-refractivity contribution in [2.24, 2.45) is 5.92 Å². The molecular weight excluding hydrogens is 436 g/mol. The minimum atomic E-state index is -0.173. The maximum atomic E-state index is 13.0. The predicted molar refractivity (Wildman–Crippen MR) is 139 cm³/mol. The summed E-state index contributed by atoms with van der Waals surface area (Å²) >= 11 is 0. The highest BCUT2D eigenvalue weighted by Gasteiger charge is 2.36. The maximum Gasteiger partial charge on any atom is 0.227 e. The summed E-state index contributed by atoms with van der Waals surface area (Å²) in [5.41, 5.74) is 8.33. The molecule has 3 aromatic rings. The fraction of sp³-hybridized carbons (Fsp3) is 0.483. The molecule has 2 saturated heterocycles. The number of fused-ring (bicyclic) bond motifs is 1. The highest BCUT2D eigenvalue weighted by Crippen LogP contribution is 2.38. The number of pyridine rings is 1. The van der Waals surface area contributed by atoms with Gasteiger partial charge in [0.15, 0.2) is 0 Å². The summed E-state index contributed by atoms with van der Waals surface area (Å²) in [6.07, 6.45) is 2.28. The molecule has 0 radical (unpaired) electrons. The van der Waals surface area contributed by atoms with Crippen LogP contribution in [0.15, 0.2) is 30.3 Å². The van der Waals surface area contributed by atoms with Gasteiger partial charge >= 0.3 is 0 Å². The van der Waals surface area contributed by atoms with Crippen molar-refractivity contribution < 1.29 is 9.59 Å². The van der Waals surface area contributed by atoms with E-state index in [1.54, 1.807) is 11.9 Å². The first kappa shape index (κ1) is 23.6. The van der Waals surface area contributed by atoms with Gasteiger partial charge in [-0.05, 0) is 73.9 Å². The minimum absolute atomic E-state index is 0.0791. The number of carbonyl (C=O) groups is 2. The Morgan fingerprint density at radius 1 is 1.09 bits per heavy atom. The van der Waals surface area contributed by atoms with E-state index in [9.17, 15) is 9.59 Å². The zero-order valence-electron chi connectivity index (χ0n) is 21.5. The number of aromatic nitrogens is 2. The molecule has 1 N–H and O–H groups in total. The molecule has 6 nitrogen and oxygen atoms in total. The van der Waals surface area contributed by atoms with Crippen LogP contribution in [0.4, 0.5) is 0 Å². The van der Waals surface area contributed by atoms with Gasteiger partial charge in [0.05, 0.1) is 11.6 Å². The Balaban J connectivity index is 1.38. The Hall–Kier alpha value is -3.15. The number of nitrogens with zero attached hydrogens (tertiary/aromatic N) is 3. The van der Waals surface area contributed by atoms with Crippen LogP contribution < -0.4 is 0 Å². The molecule has 2 amide bonds. The highest BCUT2D eigenvalue weighted by atomic mass is 16.2. The van der Waals surface area contributed by atoms with Gasteiger partial charge < -0.3 is 14.8 Å². The first-order chi connectivity index (χ1) is 16.7. The summed E-state index contributed by atoms with van der Waals surface area (Å²) < 4.78 is 0. The topological polar surface area (TPSA) is 69.3 Å². The summed E-state index contributed by atoms with van der Waals surface area (Å²) in [4.78, 5) is 36.7. The molecule has 5 rings (SSSR count). The Bertz CT molecular complexity index is 1260. The van der Waals surface area contributed by atoms with Crippen LogP contribution in [-0.2, 0) is 9.59 Å². The van der Waals surface area contributed by atoms with E-state index in [0.29, 0.717) is 24.8 Å². The molecule has 2 aliphatic rings. The number of hydrogen-bond acceptors (Lipinski definition) is 3. The molecule has 0 spiro atoms. The third-order valence-corrected chi connectivity index (χ3v) is 7.78. The number of aromatic amines is 1. The number of carbonyl (C=O) groups excluding carboxylic acids is 2. The van der Waals surface area contributed by atoms with Gasteiger partial charge in [-0.2, -0.15) is 0 Å². The summed E-state index contributed by atoms with van der Waals surface area (Å²) in [5.74, 6) is 0.884. The number of H-pyrrole nitrogens is 1. The lowest BCUT2D eigenvalue weighted by Crippen LogP contribution is -2.42. The lowest BCUT2D eigenvalue weighted by Gasteiger charge is -2.33. The van der Waals surface area contributed by atoms with Crippen LogP contribution in [0.5, 0.6) is 0 Å². The van der Waals surface area contributed by atoms with Crippen LogP contribution in [-0.4, -0.2) is 58.3 Å². The number of rotatable bonds is 4. The van der Waals surface area contributed by atoms with Gasteiger partial charge in [-0.1, -0.05) is 19.9 Å². The van der Waals surface area contributed by atoms with Gasteiger partial charge in [0.2, 0.25) is 11.8 Å². The molecule has 2 fully saturated rings. The van der Waals surface area contributed by atoms with E-state index in [1.807, 2.05) is 18.7 Å². The van der Waals surface area contributed by atoms with Gasteiger partial charge in [0, 0.05) is 61.0 Å². The van der Waals surface area contributed by atoms with Gasteiger partial charge in [-0.3, -0.25) is 14.6 Å². The summed E-state index contributed by atoms with van der Waals surface area (Å²) in [6, 6.07) is 11.2. The van der Waals surface area contributed by atoms with Gasteiger partial charge in [0.1, 0.15) is 0 Å². The molecule has 0 saturated carbocycles. The third-order valence-electron chi connectivity index (χ3n) is 7.78. The van der Waals surface area contributed by atoms with Crippen molar-refractivity contribution in [2.75, 3.05) is 26.7 Å². The Kier molecular flexibility index (Phi) is 6.16. The van der Waals surface area contributed by atoms with Crippen LogP contribution in [0.3, 0.4) is 0 Å². The van der Waals surface area contributed by atoms with E-state index in [-0.39, 0.29) is 17.7 Å². The van der Waals surface area contributed by atoms with Gasteiger partial charge in [-0.15, -0.1) is 0 Å². The van der Waals surface area contributed by atoms with Crippen LogP contribution in [0.25, 0.3) is 22.2 Å². The summed E-state index contributed by atoms with van der Waals surface area (Å²) in [7, 11) is 1.78. The first-order valence-electron chi connectivity index (χ1n) is 12.8. The second-order valence-corrected chi connectivity index (χ2v) is 10.8. The van der Waals surface area contributed by atoms with Crippen molar-refractivity contribution in [1.29, 1.82) is 0 Å². The van der Waals surface area contributed by atoms with E-state index in [0.717, 1.165) is 37.3 Å². The SMILES string of the molecule is Cc1cc(-c2[nH]c3ccc(C4CCN(C(=O)[C@@H]5CC(=O)N(C)C5)CC4)cc3c2C(C)C)cc(C)n1. The van der Waals surface area contributed by atoms with Crippen molar-refractivity contribution >= 4 is 22.7 Å². The van der Waals surface area contributed by atoms with Crippen LogP contribution in [0.1, 0.15) is 67.5 Å². The Morgan fingerprint density at radius 2 is 1.77 bits per heavy atom. The second-order valence-electron chi connectivity index (χ2n) is 10.8. The van der Waals surface area contributed by atoms with E-state index in [4.69, 9.17) is 0 Å². The number of aryl methyl sites for hydroxylation is 2. The quantitative estimate of drug-likeness (QED) is 0.571. The van der Waals surface area contributed by atoms with Crippen molar-refractivity contribution in [2.45, 2.75) is 58.8 Å². The number of benzene rings is 1. The molecule has 2 aromatic heterocycles. The van der Waals surface area contributed by atoms with E-state index in [1.165, 1.54) is 33.3 Å². The number of amides is 2. The van der Waals surface area contributed by atoms with Crippen molar-refractivity contribution in [3.8, 4) is 11.3 Å². The van der Waals surface area contributed by atoms with E-state index in [2.05, 4.69) is 54.1 Å². The summed E-state index contributed by atoms with van der Waals surface area (Å²) in [6.45, 7) is 10.7. The number of piperidine rings is 1. The molecule has 184 valence electrons. The monoisotopic (exact) mass is 472 g/mol. The number of hydrogen-bond donors (Lipinski definition) is 1. The van der Waals surface area contributed by atoms with Crippen LogP contribution in [0, 0.1) is 19.8 Å². The third kappa shape index (κ3) is 4.46. The molecular formula is C29H36N4O2. The lowest BCUT2D eigenvalue weighted by molar-refractivity contribution is -0.136. The normalized spacial score (nSPS) is 19.4. The Morgan fingerprint density at radius 3 is 2.37 bits per heavy atom. The number of likely N-dealkylation sites (tertiary alicyclic amines) is 2. The van der Waals surface area contributed by atoms with E-state index < -0.39 is 0 Å². The standard InChI is InChI=1S/C29H36N4O2/c1-17(2)27-24-14-21(6-7-25(24)31-28(27)22-12-18(3)30-19(4)13-22)20-8-10-33(11-9-20)29(35)23-15-26(34)32(5)16-23/h6-7,12-14,17,20,23,31H,8-11,15-16H2,1-5H3/t23-/m1/s1. The lowest BCUT2D eigenvalue weighted by atomic mass is 9.87. The average molecular weight is 473 g/mol. The smallest absolute Gasteiger partial charge is 0.227 e. The van der Waals surface area contributed by atoms with Crippen LogP contribution >= 0.6 is 0 Å². The minimum Gasteiger partial charge on any atom is -0.354 e. The van der Waals surface area contributed by atoms with Crippen molar-refractivity contribution in [3.05, 3.63) is 52.8 Å². The van der Waals surface area contributed by atoms with Gasteiger partial charge in [0.25, 0.3) is 0 Å². The Labute approximate surface area is 207 Å². The van der Waals surface area contributed by atoms with Crippen LogP contribution in [0.2, 0.25) is 0 Å². The molecule has 0 aliphatic carbocycles. The highest BCUT2D eigenvalue weighted by molar-refractivity contribution is 5.92. The molecule has 1 atom stereocenters. The fourth-order valence-corrected chi connectivity index (χ4v) is 6.01. The fourth-order valence-electron chi connectivity index (χ4n) is 6.01. The second kappa shape index (κ2) is 9.14. The maximum absolute atomic E-state index is 13.0. The molecule has 4 heterocycles. The largest absolute Gasteiger partial charge is 0.354 e. The summed E-state index contributed by atoms with van der Waals surface area (Å²) in [5, 5.41) is 1.30. The number of nitrogens with one attached hydrogen (secondary N) is 1. The molecule has 1 aromatic carbocycles. The van der Waals surface area contributed by atoms with E-state index >= 15 is 0 Å². The molecule has 35 heavy (non-hydrogen) atoms. The predicted octanol–water partition coefficient (Wildman–Crippen LogP) is 5.15. The van der Waals surface area contributed by atoms with Crippen molar-refractivity contribution in [1.82, 2.24) is 19.8 Å².